The average molecular weight is 161 g/mol. The predicted octanol–water partition coefficient (Wildman–Crippen LogP) is 0.324. The summed E-state index contributed by atoms with van der Waals surface area (Å²) < 4.78 is 9.89. The number of hydrogen-bond acceptors (Lipinski definition) is 3. The van der Waals surface area contributed by atoms with Crippen molar-refractivity contribution in [3.05, 3.63) is 5.21 Å². The van der Waals surface area contributed by atoms with Crippen molar-refractivity contribution in [2.45, 2.75) is 13.2 Å². The second kappa shape index (κ2) is 3.49. The largest absolute Gasteiger partial charge is 0.631 e. The highest BCUT2D eigenvalue weighted by Crippen LogP contribution is 2.16. The van der Waals surface area contributed by atoms with Gasteiger partial charge in [-0.3, -0.25) is 0 Å². The van der Waals surface area contributed by atoms with Crippen LogP contribution in [0.25, 0.3) is 0 Å². The lowest BCUT2D eigenvalue weighted by Crippen LogP contribution is -2.58. The fourth-order valence-corrected chi connectivity index (χ4v) is 1.30. The summed E-state index contributed by atoms with van der Waals surface area (Å²) in [5.74, 6) is 0. The average Bonchev–Trinajstić information content (AvgIpc) is 2.05. The Labute approximate surface area is 66.9 Å². The molecule has 1 fully saturated rings. The molecule has 4 heteroatoms. The summed E-state index contributed by atoms with van der Waals surface area (Å²) in [6.45, 7) is 3.92. The zero-order valence-electron chi connectivity index (χ0n) is 7.08. The minimum absolute atomic E-state index is 0.267. The monoisotopic (exact) mass is 161 g/mol. The number of hydroxylamine groups is 3. The Kier molecular flexibility index (Phi) is 2.84. The minimum atomic E-state index is -0.325. The first kappa shape index (κ1) is 8.93. The van der Waals surface area contributed by atoms with E-state index in [0.29, 0.717) is 26.3 Å². The van der Waals surface area contributed by atoms with Crippen LogP contribution in [0.2, 0.25) is 0 Å². The molecular formula is C7H15NO3. The molecule has 66 valence electrons. The van der Waals surface area contributed by atoms with Crippen molar-refractivity contribution in [1.29, 1.82) is 0 Å². The van der Waals surface area contributed by atoms with Crippen molar-refractivity contribution in [2.75, 3.05) is 33.4 Å². The van der Waals surface area contributed by atoms with Crippen molar-refractivity contribution >= 4 is 0 Å². The molecule has 1 saturated heterocycles. The Morgan fingerprint density at radius 2 is 2.45 bits per heavy atom. The van der Waals surface area contributed by atoms with Gasteiger partial charge in [0.25, 0.3) is 0 Å². The van der Waals surface area contributed by atoms with Crippen molar-refractivity contribution in [2.24, 2.45) is 0 Å². The molecule has 0 radical (unpaired) electrons. The van der Waals surface area contributed by atoms with Gasteiger partial charge in [0, 0.05) is 7.11 Å². The third-order valence-corrected chi connectivity index (χ3v) is 2.21. The second-order valence-corrected chi connectivity index (χ2v) is 2.76. The summed E-state index contributed by atoms with van der Waals surface area (Å²) in [6.07, 6.45) is -0.325. The lowest BCUT2D eigenvalue weighted by Gasteiger charge is -2.49. The van der Waals surface area contributed by atoms with Gasteiger partial charge in [0.05, 0.1) is 13.2 Å². The number of hydrogen-bond donors (Lipinski definition) is 0. The minimum Gasteiger partial charge on any atom is -0.631 e. The van der Waals surface area contributed by atoms with Gasteiger partial charge in [-0.25, -0.2) is 0 Å². The lowest BCUT2D eigenvalue weighted by atomic mass is 10.4. The molecule has 0 aliphatic carbocycles. The van der Waals surface area contributed by atoms with E-state index in [-0.39, 0.29) is 10.9 Å². The third kappa shape index (κ3) is 1.70. The van der Waals surface area contributed by atoms with Crippen LogP contribution in [-0.4, -0.2) is 44.3 Å². The molecule has 2 unspecified atom stereocenters. The van der Waals surface area contributed by atoms with Gasteiger partial charge in [-0.05, 0) is 6.92 Å². The molecule has 0 amide bonds. The molecule has 1 heterocycles. The molecule has 1 rings (SSSR count). The van der Waals surface area contributed by atoms with Gasteiger partial charge in [-0.15, -0.1) is 0 Å². The van der Waals surface area contributed by atoms with Crippen molar-refractivity contribution < 1.29 is 14.1 Å². The fraction of sp³-hybridized carbons (Fsp3) is 1.00. The smallest absolute Gasteiger partial charge is 0.216 e. The Bertz CT molecular complexity index is 131. The summed E-state index contributed by atoms with van der Waals surface area (Å²) in [6, 6.07) is 0. The fourth-order valence-electron chi connectivity index (χ4n) is 1.30. The molecule has 0 N–H and O–H groups in total. The van der Waals surface area contributed by atoms with Crippen LogP contribution in [-0.2, 0) is 9.47 Å². The molecule has 4 nitrogen and oxygen atoms in total. The molecule has 0 bridgehead atoms. The number of morpholine rings is 1. The molecule has 1 aliphatic rings. The number of nitrogens with zero attached hydrogens (tertiary/aromatic N) is 1. The molecular weight excluding hydrogens is 146 g/mol. The summed E-state index contributed by atoms with van der Waals surface area (Å²) in [4.78, 5) is 0. The molecule has 1 aliphatic heterocycles. The normalized spacial score (nSPS) is 39.0. The molecule has 0 aromatic carbocycles. The topological polar surface area (TPSA) is 41.5 Å². The van der Waals surface area contributed by atoms with Crippen LogP contribution < -0.4 is 0 Å². The number of likely N-dealkylation sites (N-methyl/N-ethyl adjacent to an activating group) is 1. The van der Waals surface area contributed by atoms with Gasteiger partial charge < -0.3 is 19.3 Å². The molecule has 0 aromatic heterocycles. The summed E-state index contributed by atoms with van der Waals surface area (Å²) >= 11 is 0. The van der Waals surface area contributed by atoms with Crippen molar-refractivity contribution in [3.8, 4) is 0 Å². The molecule has 0 spiro atoms. The first-order valence-corrected chi connectivity index (χ1v) is 3.91. The van der Waals surface area contributed by atoms with E-state index >= 15 is 0 Å². The third-order valence-electron chi connectivity index (χ3n) is 2.21. The maximum atomic E-state index is 11.8. The van der Waals surface area contributed by atoms with Crippen LogP contribution >= 0.6 is 0 Å². The molecule has 0 aromatic rings. The van der Waals surface area contributed by atoms with Crippen LogP contribution in [0, 0.1) is 5.21 Å². The predicted molar refractivity (Wildman–Crippen MR) is 40.7 cm³/mol. The van der Waals surface area contributed by atoms with Gasteiger partial charge in [0.15, 0.2) is 0 Å². The summed E-state index contributed by atoms with van der Waals surface area (Å²) in [5, 5.41) is 11.8. The van der Waals surface area contributed by atoms with Gasteiger partial charge in [0.2, 0.25) is 6.23 Å². The summed E-state index contributed by atoms with van der Waals surface area (Å²) in [7, 11) is 1.56. The van der Waals surface area contributed by atoms with Crippen LogP contribution in [0.3, 0.4) is 0 Å². The maximum absolute atomic E-state index is 11.8. The summed E-state index contributed by atoms with van der Waals surface area (Å²) in [5.41, 5.74) is 0. The van der Waals surface area contributed by atoms with Gasteiger partial charge in [-0.1, -0.05) is 0 Å². The van der Waals surface area contributed by atoms with E-state index in [2.05, 4.69) is 0 Å². The van der Waals surface area contributed by atoms with E-state index in [1.54, 1.807) is 7.11 Å². The van der Waals surface area contributed by atoms with Crippen LogP contribution in [0.5, 0.6) is 0 Å². The zero-order valence-corrected chi connectivity index (χ0v) is 7.08. The second-order valence-electron chi connectivity index (χ2n) is 2.76. The van der Waals surface area contributed by atoms with E-state index in [1.807, 2.05) is 6.92 Å². The first-order chi connectivity index (χ1) is 5.23. The number of quaternary nitrogens is 1. The number of ether oxygens (including phenoxy) is 2. The molecule has 11 heavy (non-hydrogen) atoms. The van der Waals surface area contributed by atoms with Crippen LogP contribution in [0.4, 0.5) is 0 Å². The highest BCUT2D eigenvalue weighted by molar-refractivity contribution is 4.54. The van der Waals surface area contributed by atoms with E-state index in [1.165, 1.54) is 0 Å². The zero-order chi connectivity index (χ0) is 8.32. The molecule has 0 saturated carbocycles. The van der Waals surface area contributed by atoms with E-state index in [9.17, 15) is 5.21 Å². The Morgan fingerprint density at radius 3 is 2.91 bits per heavy atom. The maximum Gasteiger partial charge on any atom is 0.216 e. The highest BCUT2D eigenvalue weighted by Gasteiger charge is 2.30. The van der Waals surface area contributed by atoms with Crippen LogP contribution in [0.15, 0.2) is 0 Å². The first-order valence-electron chi connectivity index (χ1n) is 3.91. The standard InChI is InChI=1S/C7H15NO3/c1-3-8(9)4-5-11-6-7(8)10-2/h7H,3-6H2,1-2H3. The van der Waals surface area contributed by atoms with Crippen LogP contribution in [0.1, 0.15) is 6.92 Å². The van der Waals surface area contributed by atoms with Crippen molar-refractivity contribution in [1.82, 2.24) is 0 Å². The Balaban J connectivity index is 2.57. The Hall–Kier alpha value is -0.160. The number of rotatable bonds is 2. The quantitative estimate of drug-likeness (QED) is 0.432. The van der Waals surface area contributed by atoms with Gasteiger partial charge >= 0.3 is 0 Å². The van der Waals surface area contributed by atoms with E-state index in [4.69, 9.17) is 9.47 Å². The van der Waals surface area contributed by atoms with Gasteiger partial charge in [0.1, 0.15) is 13.2 Å². The Morgan fingerprint density at radius 1 is 1.73 bits per heavy atom. The SMILES string of the molecule is CC[N+]1([O-])CCOCC1OC. The van der Waals surface area contributed by atoms with E-state index < -0.39 is 0 Å². The molecule has 2 atom stereocenters. The van der Waals surface area contributed by atoms with E-state index in [0.717, 1.165) is 0 Å². The highest BCUT2D eigenvalue weighted by atomic mass is 16.6. The number of methoxy groups -OCH3 is 1. The lowest BCUT2D eigenvalue weighted by molar-refractivity contribution is -0.934. The van der Waals surface area contributed by atoms with Crippen molar-refractivity contribution in [3.63, 3.8) is 0 Å². The van der Waals surface area contributed by atoms with Gasteiger partial charge in [-0.2, -0.15) is 0 Å².